The highest BCUT2D eigenvalue weighted by molar-refractivity contribution is 5.89. The molecule has 0 saturated carbocycles. The maximum Gasteiger partial charge on any atom is 0.410 e. The fraction of sp³-hybridized carbons (Fsp3) is 0.464. The number of hydrogen-bond acceptors (Lipinski definition) is 6. The minimum atomic E-state index is -1.60. The molecule has 0 bridgehead atoms. The second kappa shape index (κ2) is 10.4. The van der Waals surface area contributed by atoms with E-state index in [1.54, 1.807) is 20.8 Å². The predicted molar refractivity (Wildman–Crippen MR) is 136 cm³/mol. The summed E-state index contributed by atoms with van der Waals surface area (Å²) < 4.78 is 16.3. The number of carboxylic acids is 1. The van der Waals surface area contributed by atoms with Crippen molar-refractivity contribution < 1.29 is 33.7 Å². The van der Waals surface area contributed by atoms with Gasteiger partial charge < -0.3 is 24.2 Å². The number of likely N-dealkylation sites (tertiary alicyclic amines) is 1. The van der Waals surface area contributed by atoms with Gasteiger partial charge in [0.05, 0.1) is 13.1 Å². The molecule has 37 heavy (non-hydrogen) atoms. The SMILES string of the molecule is COCCCN(C(=O)OCC1c2ccccc2-c2ccccc21)C1(C(=O)O)CN(C(=O)OC(C)(C)C)C1. The minimum Gasteiger partial charge on any atom is -0.479 e. The first-order valence-corrected chi connectivity index (χ1v) is 12.4. The van der Waals surface area contributed by atoms with Crippen molar-refractivity contribution in [2.45, 2.75) is 44.2 Å². The zero-order valence-corrected chi connectivity index (χ0v) is 21.7. The Morgan fingerprint density at radius 3 is 2.11 bits per heavy atom. The van der Waals surface area contributed by atoms with Crippen molar-refractivity contribution in [3.63, 3.8) is 0 Å². The van der Waals surface area contributed by atoms with Gasteiger partial charge in [-0.25, -0.2) is 14.4 Å². The predicted octanol–water partition coefficient (Wildman–Crippen LogP) is 4.35. The molecule has 1 fully saturated rings. The van der Waals surface area contributed by atoms with Crippen LogP contribution in [0.5, 0.6) is 0 Å². The lowest BCUT2D eigenvalue weighted by Gasteiger charge is -2.51. The molecule has 2 aromatic carbocycles. The van der Waals surface area contributed by atoms with Crippen molar-refractivity contribution in [2.24, 2.45) is 0 Å². The highest BCUT2D eigenvalue weighted by Gasteiger charge is 2.58. The van der Waals surface area contributed by atoms with Crippen LogP contribution in [-0.4, -0.2) is 84.2 Å². The molecule has 0 spiro atoms. The number of hydrogen-bond donors (Lipinski definition) is 1. The first-order valence-electron chi connectivity index (χ1n) is 12.4. The van der Waals surface area contributed by atoms with Gasteiger partial charge in [-0.15, -0.1) is 0 Å². The zero-order chi connectivity index (χ0) is 26.8. The van der Waals surface area contributed by atoms with E-state index in [0.717, 1.165) is 22.3 Å². The fourth-order valence-corrected chi connectivity index (χ4v) is 4.98. The Morgan fingerprint density at radius 2 is 1.59 bits per heavy atom. The lowest BCUT2D eigenvalue weighted by Crippen LogP contribution is -2.76. The average Bonchev–Trinajstić information content (AvgIpc) is 3.13. The molecule has 2 amide bonds. The molecule has 1 aliphatic heterocycles. The van der Waals surface area contributed by atoms with E-state index in [-0.39, 0.29) is 32.2 Å². The van der Waals surface area contributed by atoms with E-state index in [0.29, 0.717) is 13.0 Å². The van der Waals surface area contributed by atoms with Crippen LogP contribution in [0.2, 0.25) is 0 Å². The van der Waals surface area contributed by atoms with Crippen LogP contribution in [0.15, 0.2) is 48.5 Å². The summed E-state index contributed by atoms with van der Waals surface area (Å²) in [5.74, 6) is -1.35. The van der Waals surface area contributed by atoms with Crippen molar-refractivity contribution in [3.8, 4) is 11.1 Å². The highest BCUT2D eigenvalue weighted by Crippen LogP contribution is 2.44. The van der Waals surface area contributed by atoms with Gasteiger partial charge in [0, 0.05) is 26.2 Å². The second-order valence-corrected chi connectivity index (χ2v) is 10.5. The topological polar surface area (TPSA) is 106 Å². The summed E-state index contributed by atoms with van der Waals surface area (Å²) in [4.78, 5) is 40.9. The van der Waals surface area contributed by atoms with E-state index in [9.17, 15) is 19.5 Å². The monoisotopic (exact) mass is 510 g/mol. The smallest absolute Gasteiger partial charge is 0.410 e. The molecule has 0 radical (unpaired) electrons. The van der Waals surface area contributed by atoms with Gasteiger partial charge in [-0.3, -0.25) is 4.90 Å². The molecule has 1 N–H and O–H groups in total. The Morgan fingerprint density at radius 1 is 1.03 bits per heavy atom. The first kappa shape index (κ1) is 26.5. The van der Waals surface area contributed by atoms with Crippen LogP contribution in [0, 0.1) is 0 Å². The van der Waals surface area contributed by atoms with E-state index < -0.39 is 29.3 Å². The maximum atomic E-state index is 13.4. The summed E-state index contributed by atoms with van der Waals surface area (Å²) in [6, 6.07) is 16.0. The third kappa shape index (κ3) is 5.27. The van der Waals surface area contributed by atoms with Crippen LogP contribution in [0.4, 0.5) is 9.59 Å². The van der Waals surface area contributed by atoms with Crippen LogP contribution in [0.3, 0.4) is 0 Å². The Hall–Kier alpha value is -3.59. The fourth-order valence-electron chi connectivity index (χ4n) is 4.98. The van der Waals surface area contributed by atoms with Crippen LogP contribution >= 0.6 is 0 Å². The number of rotatable bonds is 8. The van der Waals surface area contributed by atoms with Crippen LogP contribution in [0.25, 0.3) is 11.1 Å². The molecule has 2 aromatic rings. The number of fused-ring (bicyclic) bond motifs is 3. The van der Waals surface area contributed by atoms with Crippen molar-refractivity contribution in [3.05, 3.63) is 59.7 Å². The molecule has 1 saturated heterocycles. The van der Waals surface area contributed by atoms with Gasteiger partial charge in [0.25, 0.3) is 0 Å². The number of carbonyl (C=O) groups is 3. The third-order valence-electron chi connectivity index (χ3n) is 6.76. The number of amides is 2. The summed E-state index contributed by atoms with van der Waals surface area (Å²) in [5, 5.41) is 10.2. The summed E-state index contributed by atoms with van der Waals surface area (Å²) in [6.45, 7) is 5.37. The van der Waals surface area contributed by atoms with Crippen LogP contribution < -0.4 is 0 Å². The van der Waals surface area contributed by atoms with E-state index in [2.05, 4.69) is 0 Å². The van der Waals surface area contributed by atoms with E-state index >= 15 is 0 Å². The highest BCUT2D eigenvalue weighted by atomic mass is 16.6. The lowest BCUT2D eigenvalue weighted by atomic mass is 9.88. The number of benzene rings is 2. The summed E-state index contributed by atoms with van der Waals surface area (Å²) in [7, 11) is 1.54. The molecule has 1 heterocycles. The molecule has 4 rings (SSSR count). The summed E-state index contributed by atoms with van der Waals surface area (Å²) in [6.07, 6.45) is -0.930. The van der Waals surface area contributed by atoms with Gasteiger partial charge in [0.2, 0.25) is 0 Å². The Bertz CT molecular complexity index is 1120. The standard InChI is InChI=1S/C28H34N2O7/c1-27(2,3)37-25(33)29-17-28(18-29,24(31)32)30(14-9-15-35-4)26(34)36-16-23-21-12-7-5-10-19(21)20-11-6-8-13-22(20)23/h5-8,10-13,23H,9,14-18H2,1-4H3,(H,31,32). The van der Waals surface area contributed by atoms with Gasteiger partial charge in [0.1, 0.15) is 12.2 Å². The number of nitrogens with zero attached hydrogens (tertiary/aromatic N) is 2. The Labute approximate surface area is 216 Å². The number of aliphatic carboxylic acids is 1. The van der Waals surface area contributed by atoms with Crippen LogP contribution in [-0.2, 0) is 19.0 Å². The van der Waals surface area contributed by atoms with Gasteiger partial charge in [0.15, 0.2) is 5.54 Å². The van der Waals surface area contributed by atoms with Gasteiger partial charge >= 0.3 is 18.2 Å². The quantitative estimate of drug-likeness (QED) is 0.527. The molecule has 1 aliphatic carbocycles. The molecular formula is C28H34N2O7. The molecule has 2 aliphatic rings. The zero-order valence-electron chi connectivity index (χ0n) is 21.7. The third-order valence-corrected chi connectivity index (χ3v) is 6.76. The number of ether oxygens (including phenoxy) is 3. The normalized spacial score (nSPS) is 15.8. The Balaban J connectivity index is 1.52. The molecular weight excluding hydrogens is 476 g/mol. The first-order chi connectivity index (χ1) is 17.6. The summed E-state index contributed by atoms with van der Waals surface area (Å²) in [5.41, 5.74) is 2.01. The van der Waals surface area contributed by atoms with Crippen molar-refractivity contribution in [1.29, 1.82) is 0 Å². The molecule has 0 atom stereocenters. The van der Waals surface area contributed by atoms with Crippen molar-refractivity contribution in [2.75, 3.05) is 40.0 Å². The van der Waals surface area contributed by atoms with Crippen molar-refractivity contribution in [1.82, 2.24) is 9.80 Å². The Kier molecular flexibility index (Phi) is 7.45. The largest absolute Gasteiger partial charge is 0.479 e. The second-order valence-electron chi connectivity index (χ2n) is 10.5. The van der Waals surface area contributed by atoms with Gasteiger partial charge in [-0.2, -0.15) is 0 Å². The molecule has 0 unspecified atom stereocenters. The number of carboxylic acid groups (broad SMARTS) is 1. The molecule has 0 aromatic heterocycles. The van der Waals surface area contributed by atoms with E-state index in [1.165, 1.54) is 16.9 Å². The molecule has 9 nitrogen and oxygen atoms in total. The van der Waals surface area contributed by atoms with E-state index in [1.807, 2.05) is 48.5 Å². The average molecular weight is 511 g/mol. The van der Waals surface area contributed by atoms with Gasteiger partial charge in [-0.05, 0) is 49.4 Å². The maximum absolute atomic E-state index is 13.4. The molecule has 198 valence electrons. The van der Waals surface area contributed by atoms with E-state index in [4.69, 9.17) is 14.2 Å². The van der Waals surface area contributed by atoms with Gasteiger partial charge in [-0.1, -0.05) is 48.5 Å². The number of methoxy groups -OCH3 is 1. The molecule has 9 heteroatoms. The van der Waals surface area contributed by atoms with Crippen LogP contribution in [0.1, 0.15) is 44.2 Å². The minimum absolute atomic E-state index is 0.0686. The number of carbonyl (C=O) groups excluding carboxylic acids is 2. The van der Waals surface area contributed by atoms with Crippen molar-refractivity contribution >= 4 is 18.2 Å². The summed E-state index contributed by atoms with van der Waals surface area (Å²) >= 11 is 0. The lowest BCUT2D eigenvalue weighted by molar-refractivity contribution is -0.162.